The monoisotopic (exact) mass is 431 g/mol. The van der Waals surface area contributed by atoms with E-state index in [1.165, 1.54) is 11.8 Å². The highest BCUT2D eigenvalue weighted by Crippen LogP contribution is 2.60. The fourth-order valence-corrected chi connectivity index (χ4v) is 6.24. The first kappa shape index (κ1) is 19.2. The second-order valence-corrected chi connectivity index (χ2v) is 8.77. The van der Waals surface area contributed by atoms with Crippen LogP contribution in [0.4, 0.5) is 11.4 Å². The van der Waals surface area contributed by atoms with E-state index in [4.69, 9.17) is 4.74 Å². The van der Waals surface area contributed by atoms with E-state index in [9.17, 15) is 19.2 Å². The Bertz CT molecular complexity index is 1190. The summed E-state index contributed by atoms with van der Waals surface area (Å²) in [4.78, 5) is 55.4. The Kier molecular flexibility index (Phi) is 3.89. The molecule has 1 N–H and O–H groups in total. The molecule has 3 saturated heterocycles. The second-order valence-electron chi connectivity index (χ2n) is 8.77. The van der Waals surface area contributed by atoms with Gasteiger partial charge in [-0.2, -0.15) is 0 Å². The molecule has 0 aliphatic carbocycles. The van der Waals surface area contributed by atoms with Gasteiger partial charge in [-0.15, -0.1) is 0 Å². The number of esters is 1. The molecule has 8 heteroatoms. The first-order chi connectivity index (χ1) is 15.4. The van der Waals surface area contributed by atoms with Crippen LogP contribution in [0.25, 0.3) is 0 Å². The molecule has 2 aromatic carbocycles. The van der Waals surface area contributed by atoms with Gasteiger partial charge in [0.05, 0.1) is 17.5 Å². The molecular weight excluding hydrogens is 410 g/mol. The molecule has 4 aliphatic rings. The highest BCUT2D eigenvalue weighted by molar-refractivity contribution is 6.25. The van der Waals surface area contributed by atoms with Crippen molar-refractivity contribution in [1.29, 1.82) is 0 Å². The zero-order valence-electron chi connectivity index (χ0n) is 17.4. The molecular formula is C24H21N3O5. The third kappa shape index (κ3) is 2.25. The molecule has 0 unspecified atom stereocenters. The Hall–Kier alpha value is -3.52. The van der Waals surface area contributed by atoms with E-state index in [0.717, 1.165) is 18.4 Å². The minimum Gasteiger partial charge on any atom is -0.427 e. The number of hydrogen-bond acceptors (Lipinski definition) is 6. The lowest BCUT2D eigenvalue weighted by Gasteiger charge is -2.36. The first-order valence-corrected chi connectivity index (χ1v) is 10.8. The lowest BCUT2D eigenvalue weighted by molar-refractivity contribution is -0.135. The SMILES string of the molecule is CC(=O)Oc1ccc(N2C(=O)[C@@H]3[C@@H](C2=O)[C@]2(C(=O)Nc4ccccc42)N2CCC[C@@H]32)cc1. The highest BCUT2D eigenvalue weighted by Gasteiger charge is 2.74. The molecule has 4 atom stereocenters. The summed E-state index contributed by atoms with van der Waals surface area (Å²) < 4.78 is 5.06. The molecule has 3 fully saturated rings. The van der Waals surface area contributed by atoms with E-state index in [-0.39, 0.29) is 23.8 Å². The number of anilines is 2. The fourth-order valence-electron chi connectivity index (χ4n) is 6.24. The maximum absolute atomic E-state index is 13.8. The molecule has 0 bridgehead atoms. The normalized spacial score (nSPS) is 30.5. The Balaban J connectivity index is 1.46. The maximum atomic E-state index is 13.8. The Morgan fingerprint density at radius 1 is 1.06 bits per heavy atom. The van der Waals surface area contributed by atoms with Crippen LogP contribution in [-0.4, -0.2) is 41.2 Å². The van der Waals surface area contributed by atoms with E-state index in [0.29, 0.717) is 23.7 Å². The summed E-state index contributed by atoms with van der Waals surface area (Å²) in [6.45, 7) is 1.98. The van der Waals surface area contributed by atoms with Gasteiger partial charge in [0.25, 0.3) is 0 Å². The van der Waals surface area contributed by atoms with Crippen molar-refractivity contribution in [2.45, 2.75) is 31.3 Å². The summed E-state index contributed by atoms with van der Waals surface area (Å²) in [5.41, 5.74) is 0.726. The summed E-state index contributed by atoms with van der Waals surface area (Å²) in [5, 5.41) is 2.96. The van der Waals surface area contributed by atoms with Crippen molar-refractivity contribution in [2.75, 3.05) is 16.8 Å². The molecule has 6 rings (SSSR count). The molecule has 0 aromatic heterocycles. The third-order valence-corrected chi connectivity index (χ3v) is 7.26. The predicted octanol–water partition coefficient (Wildman–Crippen LogP) is 2.04. The van der Waals surface area contributed by atoms with Crippen LogP contribution in [0.2, 0.25) is 0 Å². The summed E-state index contributed by atoms with van der Waals surface area (Å²) in [6.07, 6.45) is 1.65. The minimum absolute atomic E-state index is 0.154. The van der Waals surface area contributed by atoms with Crippen molar-refractivity contribution in [2.24, 2.45) is 11.8 Å². The van der Waals surface area contributed by atoms with Crippen LogP contribution in [-0.2, 0) is 24.7 Å². The average molecular weight is 431 g/mol. The van der Waals surface area contributed by atoms with Gasteiger partial charge in [0.1, 0.15) is 11.3 Å². The lowest BCUT2D eigenvalue weighted by Crippen LogP contribution is -2.54. The number of nitrogens with one attached hydrogen (secondary N) is 1. The van der Waals surface area contributed by atoms with Crippen LogP contribution >= 0.6 is 0 Å². The molecule has 8 nitrogen and oxygen atoms in total. The van der Waals surface area contributed by atoms with E-state index < -0.39 is 23.3 Å². The number of imide groups is 1. The quantitative estimate of drug-likeness (QED) is 0.444. The predicted molar refractivity (Wildman–Crippen MR) is 114 cm³/mol. The molecule has 4 aliphatic heterocycles. The van der Waals surface area contributed by atoms with E-state index in [2.05, 4.69) is 10.2 Å². The largest absolute Gasteiger partial charge is 0.427 e. The van der Waals surface area contributed by atoms with Crippen molar-refractivity contribution in [3.8, 4) is 5.75 Å². The smallest absolute Gasteiger partial charge is 0.308 e. The summed E-state index contributed by atoms with van der Waals surface area (Å²) >= 11 is 0. The van der Waals surface area contributed by atoms with Gasteiger partial charge in [-0.1, -0.05) is 18.2 Å². The van der Waals surface area contributed by atoms with Crippen LogP contribution in [0.3, 0.4) is 0 Å². The van der Waals surface area contributed by atoms with Crippen molar-refractivity contribution >= 4 is 35.1 Å². The van der Waals surface area contributed by atoms with Crippen LogP contribution in [0.5, 0.6) is 5.75 Å². The minimum atomic E-state index is -1.17. The highest BCUT2D eigenvalue weighted by atomic mass is 16.5. The van der Waals surface area contributed by atoms with Crippen molar-refractivity contribution in [3.05, 3.63) is 54.1 Å². The molecule has 0 radical (unpaired) electrons. The van der Waals surface area contributed by atoms with E-state index in [1.807, 2.05) is 24.3 Å². The fraction of sp³-hybridized carbons (Fsp3) is 0.333. The molecule has 32 heavy (non-hydrogen) atoms. The first-order valence-electron chi connectivity index (χ1n) is 10.8. The average Bonchev–Trinajstić information content (AvgIpc) is 3.47. The Labute approximate surface area is 184 Å². The van der Waals surface area contributed by atoms with Gasteiger partial charge in [-0.3, -0.25) is 24.1 Å². The van der Waals surface area contributed by atoms with Gasteiger partial charge in [-0.25, -0.2) is 4.90 Å². The number of fused-ring (bicyclic) bond motifs is 7. The van der Waals surface area contributed by atoms with Gasteiger partial charge in [0.2, 0.25) is 17.7 Å². The maximum Gasteiger partial charge on any atom is 0.308 e. The number of nitrogens with zero attached hydrogens (tertiary/aromatic N) is 2. The number of benzene rings is 2. The molecule has 2 aromatic rings. The number of amides is 3. The van der Waals surface area contributed by atoms with Crippen LogP contribution < -0.4 is 15.0 Å². The summed E-state index contributed by atoms with van der Waals surface area (Å²) in [6, 6.07) is 13.6. The molecule has 3 amide bonds. The van der Waals surface area contributed by atoms with E-state index in [1.54, 1.807) is 24.3 Å². The standard InChI is InChI=1S/C24H21N3O5/c1-13(28)32-15-10-8-14(9-11-15)27-21(29)19-18-7-4-12-26(18)24(20(19)22(27)30)16-5-2-3-6-17(16)25-23(24)31/h2-3,5-6,8-11,18-20H,4,7,12H2,1H3,(H,25,31)/t18-,19-,20-,24+/m0/s1. The zero-order valence-corrected chi connectivity index (χ0v) is 17.4. The van der Waals surface area contributed by atoms with Gasteiger partial charge < -0.3 is 10.1 Å². The zero-order chi connectivity index (χ0) is 22.2. The summed E-state index contributed by atoms with van der Waals surface area (Å²) in [5.74, 6) is -2.33. The third-order valence-electron chi connectivity index (χ3n) is 7.26. The van der Waals surface area contributed by atoms with Crippen LogP contribution in [0, 0.1) is 11.8 Å². The Morgan fingerprint density at radius 3 is 2.56 bits per heavy atom. The summed E-state index contributed by atoms with van der Waals surface area (Å²) in [7, 11) is 0. The molecule has 162 valence electrons. The number of hydrogen-bond donors (Lipinski definition) is 1. The second kappa shape index (κ2) is 6.49. The van der Waals surface area contributed by atoms with E-state index >= 15 is 0 Å². The number of carbonyl (C=O) groups is 4. The molecule has 1 spiro atoms. The number of carbonyl (C=O) groups excluding carboxylic acids is 4. The number of rotatable bonds is 2. The van der Waals surface area contributed by atoms with Gasteiger partial charge in [0, 0.05) is 24.2 Å². The lowest BCUT2D eigenvalue weighted by atomic mass is 9.75. The number of para-hydroxylation sites is 1. The van der Waals surface area contributed by atoms with Crippen molar-refractivity contribution < 1.29 is 23.9 Å². The van der Waals surface area contributed by atoms with Gasteiger partial charge in [0.15, 0.2) is 0 Å². The van der Waals surface area contributed by atoms with Gasteiger partial charge >= 0.3 is 5.97 Å². The number of ether oxygens (including phenoxy) is 1. The van der Waals surface area contributed by atoms with Gasteiger partial charge in [-0.05, 0) is 49.7 Å². The van der Waals surface area contributed by atoms with Crippen LogP contribution in [0.15, 0.2) is 48.5 Å². The molecule has 4 heterocycles. The molecule has 0 saturated carbocycles. The topological polar surface area (TPSA) is 96.0 Å². The Morgan fingerprint density at radius 2 is 1.81 bits per heavy atom. The van der Waals surface area contributed by atoms with Crippen LogP contribution in [0.1, 0.15) is 25.3 Å². The van der Waals surface area contributed by atoms with Crippen molar-refractivity contribution in [1.82, 2.24) is 4.90 Å². The van der Waals surface area contributed by atoms with Crippen molar-refractivity contribution in [3.63, 3.8) is 0 Å².